The Morgan fingerprint density at radius 2 is 1.73 bits per heavy atom. The van der Waals surface area contributed by atoms with Crippen molar-refractivity contribution in [2.45, 2.75) is 109 Å². The van der Waals surface area contributed by atoms with E-state index in [1.54, 1.807) is 29.7 Å². The Bertz CT molecular complexity index is 3000. The molecule has 4 aliphatic heterocycles. The Labute approximate surface area is 467 Å². The molecule has 19 nitrogen and oxygen atoms in total. The predicted octanol–water partition coefficient (Wildman–Crippen LogP) is 5.44. The summed E-state index contributed by atoms with van der Waals surface area (Å²) in [6.45, 7) is 15.2. The number of thiazole rings is 1. The number of carbonyl (C=O) groups is 3. The van der Waals surface area contributed by atoms with Crippen molar-refractivity contribution in [3.63, 3.8) is 0 Å². The van der Waals surface area contributed by atoms with Gasteiger partial charge in [0.15, 0.2) is 5.82 Å². The van der Waals surface area contributed by atoms with Gasteiger partial charge >= 0.3 is 0 Å². The number of phenols is 1. The highest BCUT2D eigenvalue weighted by atomic mass is 32.1. The summed E-state index contributed by atoms with van der Waals surface area (Å²) < 4.78 is 6.12. The van der Waals surface area contributed by atoms with Gasteiger partial charge in [-0.05, 0) is 92.0 Å². The number of carbonyl (C=O) groups excluding carboxylic acids is 3. The number of aliphatic hydroxyl groups is 1. The highest BCUT2D eigenvalue weighted by Crippen LogP contribution is 2.39. The third-order valence-corrected chi connectivity index (χ3v) is 17.2. The minimum absolute atomic E-state index is 0.0133. The molecule has 4 fully saturated rings. The minimum atomic E-state index is -0.922. The van der Waals surface area contributed by atoms with E-state index in [9.17, 15) is 24.6 Å². The molecule has 2 bridgehead atoms. The van der Waals surface area contributed by atoms with Gasteiger partial charge in [0.05, 0.1) is 41.7 Å². The van der Waals surface area contributed by atoms with Crippen molar-refractivity contribution in [3.8, 4) is 17.0 Å². The second-order valence-electron chi connectivity index (χ2n) is 22.7. The third-order valence-electron chi connectivity index (χ3n) is 16.1. The van der Waals surface area contributed by atoms with Gasteiger partial charge in [0.1, 0.15) is 23.7 Å². The first-order valence-electron chi connectivity index (χ1n) is 27.9. The molecule has 0 spiro atoms. The van der Waals surface area contributed by atoms with Crippen molar-refractivity contribution in [1.29, 1.82) is 0 Å². The summed E-state index contributed by atoms with van der Waals surface area (Å²) >= 11 is 1.65. The van der Waals surface area contributed by atoms with E-state index in [0.29, 0.717) is 48.9 Å². The standard InChI is InChI=1S/C59H75N13O6S/c1-38-54(79-37-64-38)41-14-11-39(12-15-41)32-63-57(76)50-30-46(73)36-71(50)58(77)55(59(2,3)4)65-53(75)28-40-13-18-52(62-33-40)69-23-21-68(22-24-69)25-27-78-26-7-8-42-29-43(19-20-61-42)72-44-16-17-45(72)35-70(34-44)49-31-48(66-67-56(49)60)47-9-5-6-10-51(47)74/h5-6,9-14,18-20,29,31,33,37,41,44-46,50,55,73-74H,7-8,15-17,21-28,30,32,34-36H2,1-4H3,(H2,60,67)(H,63,76)(H,65,75)/t41?,44?,45?,46-,50+,55-/m1/s1. The second kappa shape index (κ2) is 24.6. The van der Waals surface area contributed by atoms with E-state index in [4.69, 9.17) is 20.4 Å². The van der Waals surface area contributed by atoms with Gasteiger partial charge < -0.3 is 50.9 Å². The number of nitrogens with two attached hydrogens (primary N) is 1. The normalized spacial score (nSPS) is 21.8. The zero-order valence-electron chi connectivity index (χ0n) is 45.8. The first-order chi connectivity index (χ1) is 38.1. The van der Waals surface area contributed by atoms with Crippen LogP contribution in [0.1, 0.15) is 80.6 Å². The van der Waals surface area contributed by atoms with Crippen LogP contribution in [0.2, 0.25) is 0 Å². The van der Waals surface area contributed by atoms with Crippen molar-refractivity contribution in [2.24, 2.45) is 5.41 Å². The number of nitrogens with one attached hydrogen (secondary N) is 2. The number of benzene rings is 1. The lowest BCUT2D eigenvalue weighted by molar-refractivity contribution is -0.143. The maximum absolute atomic E-state index is 14.2. The third kappa shape index (κ3) is 13.2. The van der Waals surface area contributed by atoms with Gasteiger partial charge in [-0.15, -0.1) is 21.5 Å². The van der Waals surface area contributed by atoms with Crippen LogP contribution in [0, 0.1) is 12.3 Å². The number of β-amino-alcohol motifs (C(OH)–C–C–N with tert-alkyl or cyclic N) is 1. The number of nitrogen functional groups attached to an aromatic ring is 1. The number of aromatic nitrogens is 5. The van der Waals surface area contributed by atoms with Crippen LogP contribution in [0.4, 0.5) is 23.0 Å². The zero-order chi connectivity index (χ0) is 55.2. The lowest BCUT2D eigenvalue weighted by Gasteiger charge is -2.43. The van der Waals surface area contributed by atoms with Gasteiger partial charge in [-0.25, -0.2) is 9.97 Å². The number of allylic oxidation sites excluding steroid dienone is 2. The molecule has 4 aromatic heterocycles. The molecule has 8 heterocycles. The number of aryl methyl sites for hydroxylation is 2. The maximum Gasteiger partial charge on any atom is 0.246 e. The lowest BCUT2D eigenvalue weighted by atomic mass is 9.85. The number of anilines is 4. The average Bonchev–Trinajstić information content (AvgIpc) is 4.24. The fourth-order valence-corrected chi connectivity index (χ4v) is 12.7. The van der Waals surface area contributed by atoms with Crippen LogP contribution in [0.5, 0.6) is 5.75 Å². The Morgan fingerprint density at radius 1 is 0.937 bits per heavy atom. The van der Waals surface area contributed by atoms with E-state index >= 15 is 0 Å². The van der Waals surface area contributed by atoms with E-state index in [0.717, 1.165) is 112 Å². The van der Waals surface area contributed by atoms with E-state index in [1.807, 2.05) is 75.8 Å². The molecule has 5 aliphatic rings. The summed E-state index contributed by atoms with van der Waals surface area (Å²) in [5.41, 5.74) is 14.7. The van der Waals surface area contributed by atoms with Crippen LogP contribution in [0.15, 0.2) is 96.3 Å². The number of rotatable bonds is 19. The Kier molecular flexibility index (Phi) is 17.2. The molecule has 0 radical (unpaired) electrons. The van der Waals surface area contributed by atoms with Crippen LogP contribution >= 0.6 is 11.3 Å². The molecule has 4 saturated heterocycles. The van der Waals surface area contributed by atoms with Gasteiger partial charge in [-0.2, -0.15) is 0 Å². The predicted molar refractivity (Wildman–Crippen MR) is 307 cm³/mol. The van der Waals surface area contributed by atoms with Gasteiger partial charge in [0.25, 0.3) is 0 Å². The molecular weight excluding hydrogens is 1020 g/mol. The summed E-state index contributed by atoms with van der Waals surface area (Å²) in [5.74, 6) is 0.629. The summed E-state index contributed by atoms with van der Waals surface area (Å²) in [4.78, 5) is 67.4. The summed E-state index contributed by atoms with van der Waals surface area (Å²) in [5, 5.41) is 35.7. The summed E-state index contributed by atoms with van der Waals surface area (Å²) in [6.07, 6.45) is 14.0. The molecule has 20 heteroatoms. The number of hydrogen-bond acceptors (Lipinski definition) is 17. The highest BCUT2D eigenvalue weighted by Gasteiger charge is 2.45. The number of aliphatic hydroxyl groups excluding tert-OH is 1. The lowest BCUT2D eigenvalue weighted by Crippen LogP contribution is -2.58. The first-order valence-corrected chi connectivity index (χ1v) is 28.8. The molecule has 1 aromatic carbocycles. The van der Waals surface area contributed by atoms with Gasteiger partial charge in [0, 0.05) is 124 Å². The molecular formula is C59H75N13O6S. The van der Waals surface area contributed by atoms with Gasteiger partial charge in [-0.3, -0.25) is 24.3 Å². The smallest absolute Gasteiger partial charge is 0.246 e. The number of amides is 3. The molecule has 0 saturated carbocycles. The van der Waals surface area contributed by atoms with Gasteiger partial charge in [-0.1, -0.05) is 57.2 Å². The average molecular weight is 1090 g/mol. The highest BCUT2D eigenvalue weighted by molar-refractivity contribution is 7.09. The molecule has 10 rings (SSSR count). The molecule has 3 unspecified atom stereocenters. The molecule has 6 N–H and O–H groups in total. The zero-order valence-corrected chi connectivity index (χ0v) is 46.7. The number of pyridine rings is 2. The number of likely N-dealkylation sites (tertiary alicyclic amines) is 1. The summed E-state index contributed by atoms with van der Waals surface area (Å²) in [7, 11) is 0. The van der Waals surface area contributed by atoms with Crippen LogP contribution < -0.4 is 31.1 Å². The minimum Gasteiger partial charge on any atom is -0.507 e. The number of aromatic hydroxyl groups is 1. The Morgan fingerprint density at radius 3 is 2.44 bits per heavy atom. The molecule has 3 amide bonds. The van der Waals surface area contributed by atoms with E-state index in [-0.39, 0.29) is 42.9 Å². The number of fused-ring (bicyclic) bond motifs is 2. The second-order valence-corrected chi connectivity index (χ2v) is 23.6. The topological polar surface area (TPSA) is 232 Å². The molecule has 5 aromatic rings. The van der Waals surface area contributed by atoms with E-state index < -0.39 is 29.5 Å². The molecule has 1 aliphatic carbocycles. The van der Waals surface area contributed by atoms with Crippen molar-refractivity contribution in [3.05, 3.63) is 118 Å². The van der Waals surface area contributed by atoms with Crippen molar-refractivity contribution < 1.29 is 29.3 Å². The van der Waals surface area contributed by atoms with Crippen LogP contribution in [-0.2, 0) is 32.0 Å². The number of para-hydroxylation sites is 1. The largest absolute Gasteiger partial charge is 0.507 e. The van der Waals surface area contributed by atoms with Crippen molar-refractivity contribution in [1.82, 2.24) is 45.6 Å². The first kappa shape index (κ1) is 55.3. The van der Waals surface area contributed by atoms with E-state index in [1.165, 1.54) is 15.5 Å². The van der Waals surface area contributed by atoms with Crippen LogP contribution in [-0.4, -0.2) is 165 Å². The SMILES string of the molecule is Cc1ncsc1C1C=CC(CNC(=O)[C@@H]2C[C@@H](O)CN2C(=O)[C@@H](NC(=O)Cc2ccc(N3CCN(CCOCCCc4cc(N5C6CCC5CN(c5cc(-c7ccccc7O)nnc5N)C6)ccn4)CC3)nc2)C(C)(C)C)=CC1. The molecule has 79 heavy (non-hydrogen) atoms. The fourth-order valence-electron chi connectivity index (χ4n) is 11.8. The van der Waals surface area contributed by atoms with Gasteiger partial charge in [0.2, 0.25) is 17.7 Å². The number of hydrogen-bond donors (Lipinski definition) is 5. The monoisotopic (exact) mass is 1090 g/mol. The maximum atomic E-state index is 14.2. The molecule has 6 atom stereocenters. The van der Waals surface area contributed by atoms with E-state index in [2.05, 4.69) is 69.7 Å². The summed E-state index contributed by atoms with van der Waals surface area (Å²) in [6, 6.07) is 16.2. The Balaban J connectivity index is 0.625. The van der Waals surface area contributed by atoms with Crippen molar-refractivity contribution >= 4 is 52.1 Å². The quantitative estimate of drug-likeness (QED) is 0.0649. The fraction of sp³-hybridized carbons (Fsp3) is 0.492. The van der Waals surface area contributed by atoms with Crippen molar-refractivity contribution in [2.75, 3.05) is 92.5 Å². The number of phenolic OH excluding ortho intramolecular Hbond substituents is 1. The van der Waals surface area contributed by atoms with Crippen LogP contribution in [0.25, 0.3) is 11.3 Å². The Hall–Kier alpha value is -7.00. The number of ether oxygens (including phenoxy) is 1. The number of nitrogens with zero attached hydrogens (tertiary/aromatic N) is 10. The van der Waals surface area contributed by atoms with Crippen LogP contribution in [0.3, 0.4) is 0 Å². The molecule has 418 valence electrons. The number of piperazine rings is 2.